The topological polar surface area (TPSA) is 93.1 Å². The smallest absolute Gasteiger partial charge is 0.308 e. The van der Waals surface area contributed by atoms with Crippen molar-refractivity contribution in [3.05, 3.63) is 70.3 Å². The first-order valence-corrected chi connectivity index (χ1v) is 11.1. The van der Waals surface area contributed by atoms with Gasteiger partial charge < -0.3 is 19.5 Å². The fraction of sp³-hybridized carbons (Fsp3) is 0.370. The quantitative estimate of drug-likeness (QED) is 0.225. The van der Waals surface area contributed by atoms with Crippen molar-refractivity contribution in [3.63, 3.8) is 0 Å². The maximum absolute atomic E-state index is 13.2. The van der Waals surface area contributed by atoms with Crippen molar-refractivity contribution in [3.8, 4) is 5.75 Å². The summed E-state index contributed by atoms with van der Waals surface area (Å²) in [5.41, 5.74) is 2.76. The second-order valence-corrected chi connectivity index (χ2v) is 9.43. The number of nitrogens with zero attached hydrogens (tertiary/aromatic N) is 1. The lowest BCUT2D eigenvalue weighted by molar-refractivity contribution is -0.140. The minimum atomic E-state index is -0.806. The van der Waals surface area contributed by atoms with E-state index in [1.807, 2.05) is 25.1 Å². The van der Waals surface area contributed by atoms with E-state index in [9.17, 15) is 19.5 Å². The first kappa shape index (κ1) is 25.2. The molecule has 0 radical (unpaired) electrons. The minimum absolute atomic E-state index is 0.0236. The normalized spacial score (nSPS) is 17.8. The van der Waals surface area contributed by atoms with E-state index in [2.05, 4.69) is 20.8 Å². The van der Waals surface area contributed by atoms with Crippen molar-refractivity contribution in [2.75, 3.05) is 20.3 Å². The first-order chi connectivity index (χ1) is 16.0. The molecule has 0 aliphatic carbocycles. The largest absolute Gasteiger partial charge is 0.507 e. The van der Waals surface area contributed by atoms with Crippen LogP contribution in [-0.4, -0.2) is 47.9 Å². The molecule has 34 heavy (non-hydrogen) atoms. The molecule has 1 N–H and O–H groups in total. The Labute approximate surface area is 200 Å². The molecule has 1 saturated heterocycles. The van der Waals surface area contributed by atoms with Crippen LogP contribution in [0.5, 0.6) is 5.75 Å². The van der Waals surface area contributed by atoms with Crippen molar-refractivity contribution < 1.29 is 29.0 Å². The Bertz CT molecular complexity index is 1140. The second-order valence-electron chi connectivity index (χ2n) is 9.43. The van der Waals surface area contributed by atoms with Crippen LogP contribution in [0, 0.1) is 6.92 Å². The summed E-state index contributed by atoms with van der Waals surface area (Å²) in [4.78, 5) is 38.8. The number of methoxy groups -OCH3 is 1. The van der Waals surface area contributed by atoms with Gasteiger partial charge in [-0.2, -0.15) is 0 Å². The number of Topliss-reactive ketones (excluding diaryl/α,β-unsaturated/α-hetero) is 1. The number of benzene rings is 2. The Morgan fingerprint density at radius 1 is 1.09 bits per heavy atom. The number of esters is 1. The van der Waals surface area contributed by atoms with Crippen LogP contribution < -0.4 is 4.74 Å². The number of amides is 1. The molecule has 1 unspecified atom stereocenters. The Kier molecular flexibility index (Phi) is 7.26. The van der Waals surface area contributed by atoms with Crippen LogP contribution in [0.3, 0.4) is 0 Å². The lowest BCUT2D eigenvalue weighted by Gasteiger charge is -2.25. The number of carbonyl (C=O) groups is 3. The maximum atomic E-state index is 13.2. The molecule has 1 fully saturated rings. The summed E-state index contributed by atoms with van der Waals surface area (Å²) in [5.74, 6) is -1.76. The number of carbonyl (C=O) groups excluding carboxylic acids is 3. The van der Waals surface area contributed by atoms with Gasteiger partial charge in [-0.3, -0.25) is 14.4 Å². The molecule has 1 amide bonds. The van der Waals surface area contributed by atoms with Crippen LogP contribution in [0.4, 0.5) is 0 Å². The number of rotatable bonds is 6. The van der Waals surface area contributed by atoms with E-state index in [4.69, 9.17) is 9.47 Å². The highest BCUT2D eigenvalue weighted by atomic mass is 16.5. The van der Waals surface area contributed by atoms with E-state index >= 15 is 0 Å². The summed E-state index contributed by atoms with van der Waals surface area (Å²) in [6.07, 6.45) is 0. The Morgan fingerprint density at radius 3 is 2.29 bits per heavy atom. The molecule has 7 heteroatoms. The molecule has 180 valence electrons. The third-order valence-electron chi connectivity index (χ3n) is 5.89. The van der Waals surface area contributed by atoms with Crippen molar-refractivity contribution in [1.29, 1.82) is 0 Å². The highest BCUT2D eigenvalue weighted by molar-refractivity contribution is 6.46. The molecular formula is C27H31NO6. The SMILES string of the molecule is COCCN1C(=O)C(=O)/C(=C(/O)c2cc(C(C)(C)C)ccc2C)C1c1ccc(OC(C)=O)cc1. The molecule has 1 atom stereocenters. The molecule has 2 aromatic carbocycles. The number of hydrogen-bond donors (Lipinski definition) is 1. The standard InChI is InChI=1S/C27H31NO6/c1-16-7-10-19(27(3,4)5)15-21(16)24(30)22-23(28(13-14-33-6)26(32)25(22)31)18-8-11-20(12-9-18)34-17(2)29/h7-12,15,23,30H,13-14H2,1-6H3/b24-22+. The van der Waals surface area contributed by atoms with Crippen LogP contribution >= 0.6 is 0 Å². The summed E-state index contributed by atoms with van der Waals surface area (Å²) >= 11 is 0. The molecule has 7 nitrogen and oxygen atoms in total. The molecular weight excluding hydrogens is 434 g/mol. The predicted octanol–water partition coefficient (Wildman–Crippen LogP) is 4.29. The van der Waals surface area contributed by atoms with Crippen LogP contribution in [0.15, 0.2) is 48.0 Å². The Morgan fingerprint density at radius 2 is 1.74 bits per heavy atom. The average Bonchev–Trinajstić information content (AvgIpc) is 3.01. The zero-order valence-electron chi connectivity index (χ0n) is 20.5. The molecule has 1 aliphatic rings. The van der Waals surface area contributed by atoms with Crippen molar-refractivity contribution in [1.82, 2.24) is 4.90 Å². The summed E-state index contributed by atoms with van der Waals surface area (Å²) in [6.45, 7) is 9.76. The summed E-state index contributed by atoms with van der Waals surface area (Å²) < 4.78 is 10.2. The first-order valence-electron chi connectivity index (χ1n) is 11.1. The highest BCUT2D eigenvalue weighted by Crippen LogP contribution is 2.40. The lowest BCUT2D eigenvalue weighted by atomic mass is 9.84. The highest BCUT2D eigenvalue weighted by Gasteiger charge is 2.46. The third kappa shape index (κ3) is 5.04. The zero-order chi connectivity index (χ0) is 25.2. The molecule has 0 bridgehead atoms. The van der Waals surface area contributed by atoms with Gasteiger partial charge in [0.25, 0.3) is 11.7 Å². The number of aliphatic hydroxyl groups is 1. The number of hydrogen-bond acceptors (Lipinski definition) is 6. The molecule has 3 rings (SSSR count). The number of ketones is 1. The number of ether oxygens (including phenoxy) is 2. The number of aryl methyl sites for hydroxylation is 1. The minimum Gasteiger partial charge on any atom is -0.507 e. The molecule has 1 heterocycles. The summed E-state index contributed by atoms with van der Waals surface area (Å²) in [7, 11) is 1.51. The van der Waals surface area contributed by atoms with Gasteiger partial charge in [0.15, 0.2) is 0 Å². The van der Waals surface area contributed by atoms with Gasteiger partial charge in [-0.15, -0.1) is 0 Å². The fourth-order valence-corrected chi connectivity index (χ4v) is 4.02. The van der Waals surface area contributed by atoms with Gasteiger partial charge >= 0.3 is 5.97 Å². The van der Waals surface area contributed by atoms with Crippen LogP contribution in [0.1, 0.15) is 56.0 Å². The van der Waals surface area contributed by atoms with Gasteiger partial charge in [0.2, 0.25) is 0 Å². The van der Waals surface area contributed by atoms with E-state index in [1.165, 1.54) is 18.9 Å². The predicted molar refractivity (Wildman–Crippen MR) is 129 cm³/mol. The van der Waals surface area contributed by atoms with Gasteiger partial charge in [-0.1, -0.05) is 45.0 Å². The molecule has 0 saturated carbocycles. The molecule has 2 aromatic rings. The van der Waals surface area contributed by atoms with E-state index in [0.717, 1.165) is 11.1 Å². The molecule has 0 spiro atoms. The van der Waals surface area contributed by atoms with E-state index in [0.29, 0.717) is 16.9 Å². The lowest BCUT2D eigenvalue weighted by Crippen LogP contribution is -2.32. The monoisotopic (exact) mass is 465 g/mol. The van der Waals surface area contributed by atoms with E-state index in [1.54, 1.807) is 24.3 Å². The second kappa shape index (κ2) is 9.81. The van der Waals surface area contributed by atoms with E-state index < -0.39 is 23.7 Å². The maximum Gasteiger partial charge on any atom is 0.308 e. The van der Waals surface area contributed by atoms with Crippen molar-refractivity contribution in [2.24, 2.45) is 0 Å². The fourth-order valence-electron chi connectivity index (χ4n) is 4.02. The summed E-state index contributed by atoms with van der Waals surface area (Å²) in [5, 5.41) is 11.4. The van der Waals surface area contributed by atoms with Gasteiger partial charge in [0, 0.05) is 26.1 Å². The Balaban J connectivity index is 2.18. The van der Waals surface area contributed by atoms with Gasteiger partial charge in [-0.05, 0) is 47.2 Å². The number of likely N-dealkylation sites (tertiary alicyclic amines) is 1. The van der Waals surface area contributed by atoms with Gasteiger partial charge in [0.05, 0.1) is 18.2 Å². The molecule has 0 aromatic heterocycles. The van der Waals surface area contributed by atoms with Gasteiger partial charge in [-0.25, -0.2) is 0 Å². The van der Waals surface area contributed by atoms with Crippen LogP contribution in [0.25, 0.3) is 5.76 Å². The summed E-state index contributed by atoms with van der Waals surface area (Å²) in [6, 6.07) is 11.5. The zero-order valence-corrected chi connectivity index (χ0v) is 20.5. The van der Waals surface area contributed by atoms with Crippen LogP contribution in [-0.2, 0) is 24.5 Å². The van der Waals surface area contributed by atoms with E-state index in [-0.39, 0.29) is 29.9 Å². The number of aliphatic hydroxyl groups excluding tert-OH is 1. The van der Waals surface area contributed by atoms with Gasteiger partial charge in [0.1, 0.15) is 11.5 Å². The van der Waals surface area contributed by atoms with Crippen molar-refractivity contribution in [2.45, 2.75) is 46.1 Å². The third-order valence-corrected chi connectivity index (χ3v) is 5.89. The Hall–Kier alpha value is -3.45. The van der Waals surface area contributed by atoms with Crippen LogP contribution in [0.2, 0.25) is 0 Å². The molecule has 1 aliphatic heterocycles. The van der Waals surface area contributed by atoms with Crippen molar-refractivity contribution >= 4 is 23.4 Å². The average molecular weight is 466 g/mol.